The third kappa shape index (κ3) is 3.05. The lowest BCUT2D eigenvalue weighted by molar-refractivity contribution is 0.104. The van der Waals surface area contributed by atoms with Crippen molar-refractivity contribution in [3.8, 4) is 0 Å². The molecule has 0 aromatic heterocycles. The van der Waals surface area contributed by atoms with Gasteiger partial charge >= 0.3 is 0 Å². The molecular weight excluding hydrogens is 174 g/mol. The molecule has 2 nitrogen and oxygen atoms in total. The van der Waals surface area contributed by atoms with Gasteiger partial charge in [0, 0.05) is 24.4 Å². The molecule has 1 aromatic rings. The van der Waals surface area contributed by atoms with E-state index < -0.39 is 0 Å². The maximum absolute atomic E-state index is 11.5. The average molecular weight is 189 g/mol. The summed E-state index contributed by atoms with van der Waals surface area (Å²) in [7, 11) is 0. The molecule has 2 heteroatoms. The lowest BCUT2D eigenvalue weighted by atomic mass is 10.1. The molecular formula is C12H15NO. The number of hydrogen-bond acceptors (Lipinski definition) is 2. The summed E-state index contributed by atoms with van der Waals surface area (Å²) in [6.07, 6.45) is 3.23. The Bertz CT molecular complexity index is 325. The first-order valence-corrected chi connectivity index (χ1v) is 4.75. The smallest absolute Gasteiger partial charge is 0.187 e. The number of benzene rings is 1. The van der Waals surface area contributed by atoms with Crippen molar-refractivity contribution in [2.24, 2.45) is 0 Å². The van der Waals surface area contributed by atoms with E-state index in [1.165, 1.54) is 0 Å². The Morgan fingerprint density at radius 1 is 1.36 bits per heavy atom. The molecule has 0 bridgehead atoms. The number of hydrogen-bond donors (Lipinski definition) is 1. The number of carbonyl (C=O) groups is 1. The highest BCUT2D eigenvalue weighted by molar-refractivity contribution is 6.04. The highest BCUT2D eigenvalue weighted by atomic mass is 16.1. The van der Waals surface area contributed by atoms with Crippen LogP contribution in [-0.4, -0.2) is 12.3 Å². The van der Waals surface area contributed by atoms with Crippen LogP contribution in [0, 0.1) is 6.92 Å². The van der Waals surface area contributed by atoms with Gasteiger partial charge in [-0.2, -0.15) is 0 Å². The summed E-state index contributed by atoms with van der Waals surface area (Å²) in [6, 6.07) is 7.56. The fourth-order valence-corrected chi connectivity index (χ4v) is 1.07. The Balaban J connectivity index is 2.65. The van der Waals surface area contributed by atoms with Crippen molar-refractivity contribution in [1.82, 2.24) is 5.32 Å². The second kappa shape index (κ2) is 5.22. The molecule has 14 heavy (non-hydrogen) atoms. The number of carbonyl (C=O) groups excluding carboxylic acids is 1. The van der Waals surface area contributed by atoms with Crippen LogP contribution in [0.5, 0.6) is 0 Å². The van der Waals surface area contributed by atoms with Gasteiger partial charge < -0.3 is 5.32 Å². The van der Waals surface area contributed by atoms with Crippen LogP contribution < -0.4 is 5.32 Å². The summed E-state index contributed by atoms with van der Waals surface area (Å²) in [5, 5.41) is 2.96. The molecule has 0 heterocycles. The van der Waals surface area contributed by atoms with E-state index in [0.29, 0.717) is 0 Å². The van der Waals surface area contributed by atoms with Crippen molar-refractivity contribution in [3.63, 3.8) is 0 Å². The molecule has 0 amide bonds. The summed E-state index contributed by atoms with van der Waals surface area (Å²) in [5.74, 6) is 0.0333. The molecule has 0 radical (unpaired) electrons. The van der Waals surface area contributed by atoms with Crippen LogP contribution in [-0.2, 0) is 0 Å². The van der Waals surface area contributed by atoms with E-state index in [2.05, 4.69) is 5.32 Å². The van der Waals surface area contributed by atoms with E-state index in [4.69, 9.17) is 0 Å². The first-order valence-electron chi connectivity index (χ1n) is 4.75. The quantitative estimate of drug-likeness (QED) is 0.581. The average Bonchev–Trinajstić information content (AvgIpc) is 2.19. The summed E-state index contributed by atoms with van der Waals surface area (Å²) >= 11 is 0. The predicted molar refractivity (Wildman–Crippen MR) is 58.3 cm³/mol. The molecule has 1 N–H and O–H groups in total. The lowest BCUT2D eigenvalue weighted by Gasteiger charge is -1.96. The van der Waals surface area contributed by atoms with Crippen LogP contribution in [0.2, 0.25) is 0 Å². The van der Waals surface area contributed by atoms with Crippen molar-refractivity contribution in [1.29, 1.82) is 0 Å². The minimum atomic E-state index is 0.0333. The Morgan fingerprint density at radius 2 is 2.00 bits per heavy atom. The van der Waals surface area contributed by atoms with Gasteiger partial charge in [0.2, 0.25) is 0 Å². The predicted octanol–water partition coefficient (Wildman–Crippen LogP) is 2.30. The summed E-state index contributed by atoms with van der Waals surface area (Å²) < 4.78 is 0. The summed E-state index contributed by atoms with van der Waals surface area (Å²) in [6.45, 7) is 4.82. The van der Waals surface area contributed by atoms with Crippen LogP contribution in [0.1, 0.15) is 22.8 Å². The van der Waals surface area contributed by atoms with Gasteiger partial charge in [0.15, 0.2) is 5.78 Å². The van der Waals surface area contributed by atoms with Crippen LogP contribution in [0.4, 0.5) is 0 Å². The molecule has 0 saturated carbocycles. The van der Waals surface area contributed by atoms with Crippen LogP contribution in [0.25, 0.3) is 0 Å². The van der Waals surface area contributed by atoms with Crippen molar-refractivity contribution in [2.75, 3.05) is 6.54 Å². The van der Waals surface area contributed by atoms with Gasteiger partial charge in [-0.3, -0.25) is 4.79 Å². The Kier molecular flexibility index (Phi) is 3.92. The highest BCUT2D eigenvalue weighted by Crippen LogP contribution is 2.04. The Hall–Kier alpha value is -1.57. The van der Waals surface area contributed by atoms with E-state index >= 15 is 0 Å². The topological polar surface area (TPSA) is 29.1 Å². The van der Waals surface area contributed by atoms with Gasteiger partial charge in [0.1, 0.15) is 0 Å². The van der Waals surface area contributed by atoms with Crippen molar-refractivity contribution < 1.29 is 4.79 Å². The number of nitrogens with one attached hydrogen (secondary N) is 1. The van der Waals surface area contributed by atoms with E-state index in [1.807, 2.05) is 38.1 Å². The van der Waals surface area contributed by atoms with Crippen molar-refractivity contribution in [3.05, 3.63) is 47.7 Å². The maximum Gasteiger partial charge on any atom is 0.187 e. The first-order chi connectivity index (χ1) is 6.74. The second-order valence-electron chi connectivity index (χ2n) is 3.12. The van der Waals surface area contributed by atoms with Gasteiger partial charge in [-0.05, 0) is 13.8 Å². The second-order valence-corrected chi connectivity index (χ2v) is 3.12. The number of aryl methyl sites for hydroxylation is 1. The molecule has 1 rings (SSSR count). The fourth-order valence-electron chi connectivity index (χ4n) is 1.07. The standard InChI is InChI=1S/C12H15NO/c1-3-13-9-8-12(14)11-6-4-10(2)5-7-11/h4-9,13H,3H2,1-2H3. The van der Waals surface area contributed by atoms with Gasteiger partial charge in [0.05, 0.1) is 0 Å². The van der Waals surface area contributed by atoms with Crippen molar-refractivity contribution in [2.45, 2.75) is 13.8 Å². The zero-order valence-corrected chi connectivity index (χ0v) is 8.58. The van der Waals surface area contributed by atoms with E-state index in [0.717, 1.165) is 17.7 Å². The fraction of sp³-hybridized carbons (Fsp3) is 0.250. The molecule has 74 valence electrons. The molecule has 0 spiro atoms. The maximum atomic E-state index is 11.5. The minimum Gasteiger partial charge on any atom is -0.391 e. The van der Waals surface area contributed by atoms with Crippen LogP contribution in [0.15, 0.2) is 36.5 Å². The molecule has 1 aromatic carbocycles. The lowest BCUT2D eigenvalue weighted by Crippen LogP contribution is -2.04. The van der Waals surface area contributed by atoms with E-state index in [1.54, 1.807) is 12.3 Å². The van der Waals surface area contributed by atoms with Gasteiger partial charge in [-0.15, -0.1) is 0 Å². The van der Waals surface area contributed by atoms with Gasteiger partial charge in [-0.25, -0.2) is 0 Å². The summed E-state index contributed by atoms with van der Waals surface area (Å²) in [5.41, 5.74) is 1.89. The first kappa shape index (κ1) is 10.5. The molecule has 0 aliphatic heterocycles. The molecule has 0 atom stereocenters. The minimum absolute atomic E-state index is 0.0333. The summed E-state index contributed by atoms with van der Waals surface area (Å²) in [4.78, 5) is 11.5. The zero-order valence-electron chi connectivity index (χ0n) is 8.58. The third-order valence-electron chi connectivity index (χ3n) is 1.89. The van der Waals surface area contributed by atoms with Crippen LogP contribution >= 0.6 is 0 Å². The van der Waals surface area contributed by atoms with Gasteiger partial charge in [-0.1, -0.05) is 29.8 Å². The third-order valence-corrected chi connectivity index (χ3v) is 1.89. The molecule has 0 aliphatic carbocycles. The molecule has 0 fully saturated rings. The normalized spacial score (nSPS) is 10.4. The Morgan fingerprint density at radius 3 is 2.57 bits per heavy atom. The molecule has 0 aliphatic rings. The van der Waals surface area contributed by atoms with E-state index in [-0.39, 0.29) is 5.78 Å². The number of allylic oxidation sites excluding steroid dienone is 1. The van der Waals surface area contributed by atoms with Gasteiger partial charge in [0.25, 0.3) is 0 Å². The highest BCUT2D eigenvalue weighted by Gasteiger charge is 1.99. The monoisotopic (exact) mass is 189 g/mol. The van der Waals surface area contributed by atoms with Crippen molar-refractivity contribution >= 4 is 5.78 Å². The molecule has 0 unspecified atom stereocenters. The number of ketones is 1. The zero-order chi connectivity index (χ0) is 10.4. The largest absolute Gasteiger partial charge is 0.391 e. The molecule has 0 saturated heterocycles. The Labute approximate surface area is 84.6 Å². The van der Waals surface area contributed by atoms with Crippen LogP contribution in [0.3, 0.4) is 0 Å². The number of rotatable bonds is 4. The van der Waals surface area contributed by atoms with E-state index in [9.17, 15) is 4.79 Å². The SMILES string of the molecule is CCNC=CC(=O)c1ccc(C)cc1.